The Kier molecular flexibility index (Phi) is 7.93. The molecule has 8 rings (SSSR count). The Labute approximate surface area is 278 Å². The van der Waals surface area contributed by atoms with Crippen LogP contribution >= 0.6 is 11.8 Å². The minimum atomic E-state index is 0. The summed E-state index contributed by atoms with van der Waals surface area (Å²) in [6.45, 7) is 2.14. The van der Waals surface area contributed by atoms with Crippen LogP contribution in [0.25, 0.3) is 68.6 Å². The van der Waals surface area contributed by atoms with Crippen LogP contribution in [0.1, 0.15) is 28.3 Å². The van der Waals surface area contributed by atoms with E-state index in [0.29, 0.717) is 0 Å². The topological polar surface area (TPSA) is 54.0 Å². The van der Waals surface area contributed by atoms with Crippen molar-refractivity contribution in [2.24, 2.45) is 0 Å². The molecule has 6 aromatic rings. The van der Waals surface area contributed by atoms with E-state index in [1.807, 2.05) is 30.3 Å². The summed E-state index contributed by atoms with van der Waals surface area (Å²) in [4.78, 5) is 22.8. The Hall–Kier alpha value is -4.77. The fourth-order valence-electron chi connectivity index (χ4n) is 5.68. The largest absolute Gasteiger partial charge is 2.00 e. The van der Waals surface area contributed by atoms with Crippen LogP contribution in [-0.4, -0.2) is 9.97 Å². The molecule has 4 nitrogen and oxygen atoms in total. The Morgan fingerprint density at radius 3 is 1.84 bits per heavy atom. The summed E-state index contributed by atoms with van der Waals surface area (Å²) in [7, 11) is 0. The first kappa shape index (κ1) is 29.0. The van der Waals surface area contributed by atoms with E-state index in [9.17, 15) is 0 Å². The van der Waals surface area contributed by atoms with Gasteiger partial charge in [0.1, 0.15) is 0 Å². The maximum atomic E-state index is 5.26. The monoisotopic (exact) mass is 646 g/mol. The summed E-state index contributed by atoms with van der Waals surface area (Å²) in [5.41, 5.74) is 12.3. The van der Waals surface area contributed by atoms with Gasteiger partial charge in [-0.15, -0.1) is 22.1 Å². The molecule has 0 radical (unpaired) electrons. The van der Waals surface area contributed by atoms with Crippen LogP contribution in [0.4, 0.5) is 0 Å². The van der Waals surface area contributed by atoms with Crippen molar-refractivity contribution in [2.75, 3.05) is 0 Å². The van der Waals surface area contributed by atoms with Gasteiger partial charge < -0.3 is 9.97 Å². The van der Waals surface area contributed by atoms with Gasteiger partial charge in [-0.05, 0) is 65.1 Å². The van der Waals surface area contributed by atoms with Crippen LogP contribution in [0.15, 0.2) is 125 Å². The van der Waals surface area contributed by atoms with Gasteiger partial charge in [0.15, 0.2) is 0 Å². The predicted octanol–water partition coefficient (Wildman–Crippen LogP) is 9.70. The first-order valence-corrected chi connectivity index (χ1v) is 15.4. The quantitative estimate of drug-likeness (QED) is 0.178. The Morgan fingerprint density at radius 2 is 1.11 bits per heavy atom. The van der Waals surface area contributed by atoms with Gasteiger partial charge in [0.25, 0.3) is 0 Å². The number of benzene rings is 3. The van der Waals surface area contributed by atoms with Crippen molar-refractivity contribution in [1.82, 2.24) is 19.9 Å². The van der Waals surface area contributed by atoms with Crippen molar-refractivity contribution >= 4 is 58.1 Å². The molecular formula is C39H26N4SZn. The van der Waals surface area contributed by atoms with Crippen LogP contribution in [0.5, 0.6) is 0 Å². The minimum absolute atomic E-state index is 0. The zero-order chi connectivity index (χ0) is 29.5. The molecule has 0 saturated carbocycles. The molecule has 2 aliphatic rings. The van der Waals surface area contributed by atoms with E-state index < -0.39 is 0 Å². The van der Waals surface area contributed by atoms with Gasteiger partial charge in [0.2, 0.25) is 0 Å². The van der Waals surface area contributed by atoms with Crippen molar-refractivity contribution in [3.05, 3.63) is 144 Å². The van der Waals surface area contributed by atoms with Gasteiger partial charge in [-0.1, -0.05) is 121 Å². The summed E-state index contributed by atoms with van der Waals surface area (Å²) < 4.78 is 0. The van der Waals surface area contributed by atoms with Crippen LogP contribution in [0, 0.1) is 6.92 Å². The number of aromatic nitrogens is 4. The molecule has 0 fully saturated rings. The van der Waals surface area contributed by atoms with Gasteiger partial charge in [-0.3, -0.25) is 0 Å². The van der Waals surface area contributed by atoms with Gasteiger partial charge in [0, 0.05) is 9.79 Å². The van der Waals surface area contributed by atoms with E-state index >= 15 is 0 Å². The van der Waals surface area contributed by atoms with Gasteiger partial charge in [-0.2, -0.15) is 0 Å². The number of fused-ring (bicyclic) bond motifs is 8. The van der Waals surface area contributed by atoms with Gasteiger partial charge in [-0.25, -0.2) is 9.97 Å². The SMILES string of the molecule is Cc1ccccc1Sc1c2nc(c(-c3ccccc3)c3ccc(cc4nc(c(-c5ccccc5)c5ccc1[n-]5)C=C4)[n-]3)C=C2.[Zn+2]. The third-order valence-corrected chi connectivity index (χ3v) is 9.12. The van der Waals surface area contributed by atoms with Crippen LogP contribution in [-0.2, 0) is 19.5 Å². The molecule has 0 N–H and O–H groups in total. The molecule has 3 aromatic heterocycles. The van der Waals surface area contributed by atoms with E-state index in [0.717, 1.165) is 72.0 Å². The molecule has 45 heavy (non-hydrogen) atoms. The Balaban J connectivity index is 0.00000325. The number of aryl methyl sites for hydroxylation is 1. The molecular weight excluding hydrogens is 622 g/mol. The molecule has 0 unspecified atom stereocenters. The summed E-state index contributed by atoms with van der Waals surface area (Å²) in [5, 5.41) is 0. The van der Waals surface area contributed by atoms with Crippen molar-refractivity contribution in [3.8, 4) is 22.3 Å². The summed E-state index contributed by atoms with van der Waals surface area (Å²) in [6.07, 6.45) is 8.33. The smallest absolute Gasteiger partial charge is 0.657 e. The Bertz CT molecular complexity index is 2230. The van der Waals surface area contributed by atoms with Crippen LogP contribution in [0.2, 0.25) is 0 Å². The van der Waals surface area contributed by atoms with E-state index in [1.165, 1.54) is 10.5 Å². The molecule has 210 valence electrons. The van der Waals surface area contributed by atoms with Crippen LogP contribution in [0.3, 0.4) is 0 Å². The average Bonchev–Trinajstić information content (AvgIpc) is 3.88. The molecule has 8 bridgehead atoms. The van der Waals surface area contributed by atoms with Crippen molar-refractivity contribution in [2.45, 2.75) is 16.7 Å². The standard InChI is InChI=1S/C39H26N4S.Zn/c1-25-10-8-9-15-36(25)44-39-34-22-20-32(42-34)37(26-11-4-2-5-12-26)30-18-16-28(40-30)24-29-17-19-31(41-29)38(27-13-6-3-7-14-27)33-21-23-35(39)43-33;/h2-24H,1H3;/q-2;+2. The van der Waals surface area contributed by atoms with Crippen molar-refractivity contribution < 1.29 is 19.5 Å². The second kappa shape index (κ2) is 12.3. The van der Waals surface area contributed by atoms with Crippen molar-refractivity contribution in [1.29, 1.82) is 0 Å². The second-order valence-corrected chi connectivity index (χ2v) is 11.8. The summed E-state index contributed by atoms with van der Waals surface area (Å²) >= 11 is 1.71. The molecule has 5 heterocycles. The number of hydrogen-bond donors (Lipinski definition) is 0. The van der Waals surface area contributed by atoms with E-state index in [1.54, 1.807) is 11.8 Å². The van der Waals surface area contributed by atoms with Gasteiger partial charge >= 0.3 is 19.5 Å². The Morgan fingerprint density at radius 1 is 0.533 bits per heavy atom. The zero-order valence-corrected chi connectivity index (χ0v) is 28.5. The van der Waals surface area contributed by atoms with E-state index in [-0.39, 0.29) is 19.5 Å². The summed E-state index contributed by atoms with van der Waals surface area (Å²) in [5.74, 6) is 0. The molecule has 0 aliphatic carbocycles. The normalized spacial score (nSPS) is 11.8. The molecule has 0 atom stereocenters. The first-order chi connectivity index (χ1) is 21.7. The average molecular weight is 648 g/mol. The third-order valence-electron chi connectivity index (χ3n) is 7.82. The second-order valence-electron chi connectivity index (χ2n) is 10.8. The fraction of sp³-hybridized carbons (Fsp3) is 0.0256. The predicted molar refractivity (Wildman–Crippen MR) is 183 cm³/mol. The molecule has 0 saturated heterocycles. The molecule has 6 heteroatoms. The molecule has 3 aromatic carbocycles. The van der Waals surface area contributed by atoms with Crippen LogP contribution < -0.4 is 9.97 Å². The van der Waals surface area contributed by atoms with E-state index in [2.05, 4.69) is 116 Å². The number of rotatable bonds is 4. The summed E-state index contributed by atoms with van der Waals surface area (Å²) in [6, 6.07) is 39.5. The fourth-order valence-corrected chi connectivity index (χ4v) is 6.71. The molecule has 2 aliphatic heterocycles. The van der Waals surface area contributed by atoms with Gasteiger partial charge in [0.05, 0.1) is 22.8 Å². The minimum Gasteiger partial charge on any atom is -0.657 e. The molecule has 0 spiro atoms. The maximum Gasteiger partial charge on any atom is 2.00 e. The zero-order valence-electron chi connectivity index (χ0n) is 24.7. The van der Waals surface area contributed by atoms with Crippen molar-refractivity contribution in [3.63, 3.8) is 0 Å². The first-order valence-electron chi connectivity index (χ1n) is 14.6. The third kappa shape index (κ3) is 5.64. The molecule has 0 amide bonds. The number of nitrogens with zero attached hydrogens (tertiary/aromatic N) is 4. The van der Waals surface area contributed by atoms with E-state index in [4.69, 9.17) is 19.9 Å². The maximum absolute atomic E-state index is 5.26. The number of hydrogen-bond acceptors (Lipinski definition) is 3.